The van der Waals surface area contributed by atoms with Crippen LogP contribution >= 0.6 is 0 Å². The molecule has 0 spiro atoms. The first-order valence-electron chi connectivity index (χ1n) is 2.99. The van der Waals surface area contributed by atoms with E-state index in [4.69, 9.17) is 5.11 Å². The number of carboxylic acids is 1. The van der Waals surface area contributed by atoms with E-state index in [0.29, 0.717) is 6.54 Å². The summed E-state index contributed by atoms with van der Waals surface area (Å²) < 4.78 is 0. The van der Waals surface area contributed by atoms with Gasteiger partial charge in [0.15, 0.2) is 0 Å². The van der Waals surface area contributed by atoms with E-state index in [9.17, 15) is 4.79 Å². The fourth-order valence-corrected chi connectivity index (χ4v) is 0.518. The van der Waals surface area contributed by atoms with Crippen molar-refractivity contribution in [3.63, 3.8) is 0 Å². The van der Waals surface area contributed by atoms with Gasteiger partial charge in [-0.15, -0.1) is 0 Å². The molecule has 9 heavy (non-hydrogen) atoms. The van der Waals surface area contributed by atoms with Crippen LogP contribution in [-0.2, 0) is 4.79 Å². The number of carboxylic acid groups (broad SMARTS) is 1. The lowest BCUT2D eigenvalue weighted by Gasteiger charge is -2.19. The van der Waals surface area contributed by atoms with E-state index in [1.54, 1.807) is 13.8 Å². The first kappa shape index (κ1) is 8.43. The molecule has 0 aliphatic carbocycles. The molecular formula is C6H13NO2. The van der Waals surface area contributed by atoms with Gasteiger partial charge in [-0.05, 0) is 20.4 Å². The molecule has 0 unspecified atom stereocenters. The molecule has 0 aromatic rings. The highest BCUT2D eigenvalue weighted by Gasteiger charge is 2.24. The van der Waals surface area contributed by atoms with E-state index < -0.39 is 11.5 Å². The van der Waals surface area contributed by atoms with Crippen LogP contribution in [0.15, 0.2) is 0 Å². The zero-order valence-corrected chi connectivity index (χ0v) is 6.06. The van der Waals surface area contributed by atoms with Gasteiger partial charge in [-0.2, -0.15) is 0 Å². The van der Waals surface area contributed by atoms with Crippen LogP contribution in [-0.4, -0.2) is 23.2 Å². The molecule has 0 aliphatic heterocycles. The molecule has 0 amide bonds. The van der Waals surface area contributed by atoms with Crippen molar-refractivity contribution in [2.75, 3.05) is 6.54 Å². The number of nitrogens with one attached hydrogen (secondary N) is 1. The fraction of sp³-hybridized carbons (Fsp3) is 0.833. The summed E-state index contributed by atoms with van der Waals surface area (Å²) in [5.41, 5.74) is -0.783. The minimum absolute atomic E-state index is 0.680. The van der Waals surface area contributed by atoms with Gasteiger partial charge in [0, 0.05) is 0 Å². The Kier molecular flexibility index (Phi) is 2.65. The van der Waals surface area contributed by atoms with Gasteiger partial charge in [0.05, 0.1) is 0 Å². The topological polar surface area (TPSA) is 49.3 Å². The minimum Gasteiger partial charge on any atom is -0.480 e. The van der Waals surface area contributed by atoms with Gasteiger partial charge in [0.1, 0.15) is 5.54 Å². The van der Waals surface area contributed by atoms with Crippen LogP contribution in [0.5, 0.6) is 0 Å². The maximum absolute atomic E-state index is 10.3. The second-order valence-electron chi connectivity index (χ2n) is 2.46. The Morgan fingerprint density at radius 2 is 2.11 bits per heavy atom. The van der Waals surface area contributed by atoms with Gasteiger partial charge in [0.2, 0.25) is 0 Å². The average molecular weight is 131 g/mol. The van der Waals surface area contributed by atoms with Gasteiger partial charge in [0.25, 0.3) is 0 Å². The molecule has 0 saturated carbocycles. The van der Waals surface area contributed by atoms with Gasteiger partial charge >= 0.3 is 5.97 Å². The maximum atomic E-state index is 10.3. The Morgan fingerprint density at radius 3 is 2.22 bits per heavy atom. The second-order valence-corrected chi connectivity index (χ2v) is 2.46. The third kappa shape index (κ3) is 2.46. The molecule has 0 aromatic heterocycles. The van der Waals surface area contributed by atoms with Crippen molar-refractivity contribution < 1.29 is 9.90 Å². The van der Waals surface area contributed by atoms with Crippen LogP contribution < -0.4 is 5.32 Å². The van der Waals surface area contributed by atoms with Crippen LogP contribution in [0.4, 0.5) is 0 Å². The zero-order valence-electron chi connectivity index (χ0n) is 6.06. The predicted molar refractivity (Wildman–Crippen MR) is 35.4 cm³/mol. The lowest BCUT2D eigenvalue weighted by atomic mass is 10.1. The van der Waals surface area contributed by atoms with Crippen molar-refractivity contribution in [1.29, 1.82) is 0 Å². The normalized spacial score (nSPS) is 11.4. The Bertz CT molecular complexity index is 110. The molecule has 3 heteroatoms. The first-order chi connectivity index (χ1) is 4.00. The number of rotatable bonds is 3. The molecule has 0 atom stereocenters. The minimum atomic E-state index is -0.815. The zero-order chi connectivity index (χ0) is 7.49. The van der Waals surface area contributed by atoms with Gasteiger partial charge in [-0.3, -0.25) is 4.79 Å². The number of carbonyl (C=O) groups is 1. The highest BCUT2D eigenvalue weighted by molar-refractivity contribution is 5.77. The smallest absolute Gasteiger partial charge is 0.323 e. The van der Waals surface area contributed by atoms with Gasteiger partial charge in [-0.1, -0.05) is 6.92 Å². The maximum Gasteiger partial charge on any atom is 0.323 e. The standard InChI is InChI=1S/C6H13NO2/c1-4-7-6(2,3)5(8)9/h7H,4H2,1-3H3,(H,8,9). The quantitative estimate of drug-likeness (QED) is 0.585. The molecule has 0 bridgehead atoms. The van der Waals surface area contributed by atoms with E-state index in [-0.39, 0.29) is 0 Å². The number of hydrogen-bond acceptors (Lipinski definition) is 2. The van der Waals surface area contributed by atoms with E-state index in [1.807, 2.05) is 6.92 Å². The van der Waals surface area contributed by atoms with E-state index in [1.165, 1.54) is 0 Å². The SMILES string of the molecule is CCNC(C)(C)C(=O)O. The summed E-state index contributed by atoms with van der Waals surface area (Å²) in [7, 11) is 0. The van der Waals surface area contributed by atoms with Crippen molar-refractivity contribution in [1.82, 2.24) is 5.32 Å². The molecular weight excluding hydrogens is 118 g/mol. The molecule has 0 aromatic carbocycles. The number of hydrogen-bond donors (Lipinski definition) is 2. The lowest BCUT2D eigenvalue weighted by Crippen LogP contribution is -2.46. The molecule has 3 nitrogen and oxygen atoms in total. The van der Waals surface area contributed by atoms with Crippen molar-refractivity contribution >= 4 is 5.97 Å². The molecule has 0 aliphatic rings. The summed E-state index contributed by atoms with van der Waals surface area (Å²) in [6.07, 6.45) is 0. The second kappa shape index (κ2) is 2.82. The van der Waals surface area contributed by atoms with Crippen molar-refractivity contribution in [3.05, 3.63) is 0 Å². The lowest BCUT2D eigenvalue weighted by molar-refractivity contribution is -0.143. The Labute approximate surface area is 55.1 Å². The molecule has 0 saturated heterocycles. The summed E-state index contributed by atoms with van der Waals surface area (Å²) in [5.74, 6) is -0.815. The Balaban J connectivity index is 3.85. The summed E-state index contributed by atoms with van der Waals surface area (Å²) >= 11 is 0. The molecule has 54 valence electrons. The predicted octanol–water partition coefficient (Wildman–Crippen LogP) is 0.459. The van der Waals surface area contributed by atoms with E-state index >= 15 is 0 Å². The van der Waals surface area contributed by atoms with E-state index in [2.05, 4.69) is 5.32 Å². The molecule has 0 radical (unpaired) electrons. The molecule has 2 N–H and O–H groups in total. The van der Waals surface area contributed by atoms with Crippen molar-refractivity contribution in [2.45, 2.75) is 26.3 Å². The molecule has 0 heterocycles. The van der Waals surface area contributed by atoms with Gasteiger partial charge in [-0.25, -0.2) is 0 Å². The average Bonchev–Trinajstić information content (AvgIpc) is 1.65. The van der Waals surface area contributed by atoms with E-state index in [0.717, 1.165) is 0 Å². The highest BCUT2D eigenvalue weighted by atomic mass is 16.4. The largest absolute Gasteiger partial charge is 0.480 e. The summed E-state index contributed by atoms with van der Waals surface area (Å²) in [6.45, 7) is 5.83. The summed E-state index contributed by atoms with van der Waals surface area (Å²) in [6, 6.07) is 0. The highest BCUT2D eigenvalue weighted by Crippen LogP contribution is 1.99. The van der Waals surface area contributed by atoms with Crippen LogP contribution in [0.25, 0.3) is 0 Å². The van der Waals surface area contributed by atoms with Gasteiger partial charge < -0.3 is 10.4 Å². The number of likely N-dealkylation sites (N-methyl/N-ethyl adjacent to an activating group) is 1. The first-order valence-corrected chi connectivity index (χ1v) is 2.99. The third-order valence-corrected chi connectivity index (χ3v) is 1.15. The van der Waals surface area contributed by atoms with Crippen LogP contribution in [0.3, 0.4) is 0 Å². The Hall–Kier alpha value is -0.570. The molecule has 0 fully saturated rings. The van der Waals surface area contributed by atoms with Crippen LogP contribution in [0.1, 0.15) is 20.8 Å². The van der Waals surface area contributed by atoms with Crippen molar-refractivity contribution in [3.8, 4) is 0 Å². The Morgan fingerprint density at radius 1 is 1.67 bits per heavy atom. The van der Waals surface area contributed by atoms with Crippen LogP contribution in [0, 0.1) is 0 Å². The monoisotopic (exact) mass is 131 g/mol. The van der Waals surface area contributed by atoms with Crippen molar-refractivity contribution in [2.24, 2.45) is 0 Å². The summed E-state index contributed by atoms with van der Waals surface area (Å²) in [5, 5.41) is 11.3. The summed E-state index contributed by atoms with van der Waals surface area (Å²) in [4.78, 5) is 10.3. The molecule has 0 rings (SSSR count). The number of aliphatic carboxylic acids is 1. The van der Waals surface area contributed by atoms with Crippen LogP contribution in [0.2, 0.25) is 0 Å². The fourth-order valence-electron chi connectivity index (χ4n) is 0.518. The third-order valence-electron chi connectivity index (χ3n) is 1.15.